The largest absolute Gasteiger partial charge is 0.289 e. The highest BCUT2D eigenvalue weighted by Gasteiger charge is 2.13. The molecule has 0 atom stereocenters. The molecule has 0 spiro atoms. The van der Waals surface area contributed by atoms with E-state index in [0.717, 1.165) is 27.7 Å². The van der Waals surface area contributed by atoms with Gasteiger partial charge in [-0.3, -0.25) is 9.78 Å². The number of rotatable bonds is 3. The van der Waals surface area contributed by atoms with E-state index in [1.807, 2.05) is 74.5 Å². The second-order valence-corrected chi connectivity index (χ2v) is 5.32. The summed E-state index contributed by atoms with van der Waals surface area (Å²) >= 11 is 0. The molecular weight excluding hydrogens is 270 g/mol. The topological polar surface area (TPSA) is 30.0 Å². The van der Waals surface area contributed by atoms with Crippen LogP contribution in [0.4, 0.5) is 0 Å². The minimum absolute atomic E-state index is 0.00268. The van der Waals surface area contributed by atoms with Crippen molar-refractivity contribution in [3.63, 3.8) is 0 Å². The fourth-order valence-corrected chi connectivity index (χ4v) is 2.71. The van der Waals surface area contributed by atoms with E-state index in [-0.39, 0.29) is 5.78 Å². The third-order valence-corrected chi connectivity index (χ3v) is 3.81. The molecule has 0 bridgehead atoms. The highest BCUT2D eigenvalue weighted by molar-refractivity contribution is 6.10. The molecule has 1 heterocycles. The van der Waals surface area contributed by atoms with E-state index in [1.165, 1.54) is 0 Å². The number of fused-ring (bicyclic) bond motifs is 1. The zero-order valence-electron chi connectivity index (χ0n) is 12.7. The van der Waals surface area contributed by atoms with Gasteiger partial charge in [0.15, 0.2) is 5.78 Å². The molecule has 0 saturated carbocycles. The van der Waals surface area contributed by atoms with Crippen molar-refractivity contribution in [2.45, 2.75) is 13.8 Å². The van der Waals surface area contributed by atoms with Crippen molar-refractivity contribution in [3.05, 3.63) is 83.1 Å². The maximum absolute atomic E-state index is 12.6. The second kappa shape index (κ2) is 5.94. The number of carbonyl (C=O) groups is 1. The Bertz CT molecular complexity index is 864. The zero-order chi connectivity index (χ0) is 15.5. The number of nitrogens with zero attached hydrogens (tertiary/aromatic N) is 1. The van der Waals surface area contributed by atoms with Gasteiger partial charge < -0.3 is 0 Å². The average Bonchev–Trinajstić information content (AvgIpc) is 2.54. The van der Waals surface area contributed by atoms with Gasteiger partial charge in [-0.2, -0.15) is 0 Å². The van der Waals surface area contributed by atoms with Gasteiger partial charge in [0.1, 0.15) is 0 Å². The lowest BCUT2D eigenvalue weighted by atomic mass is 9.98. The summed E-state index contributed by atoms with van der Waals surface area (Å²) in [6.07, 6.45) is 3.47. The van der Waals surface area contributed by atoms with Gasteiger partial charge in [0, 0.05) is 16.6 Å². The molecule has 1 aromatic heterocycles. The number of hydrogen-bond donors (Lipinski definition) is 0. The fourth-order valence-electron chi connectivity index (χ4n) is 2.71. The maximum Gasteiger partial charge on any atom is 0.187 e. The number of ketones is 1. The van der Waals surface area contributed by atoms with Crippen LogP contribution < -0.4 is 0 Å². The van der Waals surface area contributed by atoms with Gasteiger partial charge in [-0.1, -0.05) is 54.6 Å². The van der Waals surface area contributed by atoms with Crippen LogP contribution in [0.1, 0.15) is 27.2 Å². The van der Waals surface area contributed by atoms with E-state index in [2.05, 4.69) is 4.98 Å². The summed E-state index contributed by atoms with van der Waals surface area (Å²) in [6.45, 7) is 3.88. The lowest BCUT2D eigenvalue weighted by Crippen LogP contribution is -2.04. The number of allylic oxidation sites excluding steroid dienone is 1. The highest BCUT2D eigenvalue weighted by Crippen LogP contribution is 2.23. The van der Waals surface area contributed by atoms with Crippen molar-refractivity contribution in [1.82, 2.24) is 4.98 Å². The zero-order valence-corrected chi connectivity index (χ0v) is 12.7. The molecule has 0 aliphatic carbocycles. The monoisotopic (exact) mass is 287 g/mol. The maximum atomic E-state index is 12.6. The molecule has 0 unspecified atom stereocenters. The first kappa shape index (κ1) is 14.2. The predicted octanol–water partition coefficient (Wildman–Crippen LogP) is 4.75. The molecule has 0 N–H and O–H groups in total. The van der Waals surface area contributed by atoms with E-state index < -0.39 is 0 Å². The summed E-state index contributed by atoms with van der Waals surface area (Å²) in [7, 11) is 0. The smallest absolute Gasteiger partial charge is 0.187 e. The van der Waals surface area contributed by atoms with Crippen molar-refractivity contribution >= 4 is 22.8 Å². The molecule has 2 nitrogen and oxygen atoms in total. The van der Waals surface area contributed by atoms with E-state index in [0.29, 0.717) is 5.56 Å². The summed E-state index contributed by atoms with van der Waals surface area (Å²) in [5.74, 6) is -0.00268. The Hall–Kier alpha value is -2.74. The summed E-state index contributed by atoms with van der Waals surface area (Å²) < 4.78 is 0. The van der Waals surface area contributed by atoms with Gasteiger partial charge >= 0.3 is 0 Å². The Morgan fingerprint density at radius 1 is 0.955 bits per heavy atom. The minimum atomic E-state index is -0.00268. The Morgan fingerprint density at radius 2 is 1.64 bits per heavy atom. The molecule has 0 radical (unpaired) electrons. The summed E-state index contributed by atoms with van der Waals surface area (Å²) in [5.41, 5.74) is 4.41. The van der Waals surface area contributed by atoms with Crippen LogP contribution in [0.3, 0.4) is 0 Å². The molecule has 0 aliphatic rings. The molecule has 2 aromatic carbocycles. The molecule has 22 heavy (non-hydrogen) atoms. The quantitative estimate of drug-likeness (QED) is 0.514. The number of aryl methyl sites for hydroxylation is 2. The first-order valence-electron chi connectivity index (χ1n) is 7.30. The molecular formula is C20H17NO. The van der Waals surface area contributed by atoms with Crippen molar-refractivity contribution in [2.75, 3.05) is 0 Å². The average molecular weight is 287 g/mol. The summed E-state index contributed by atoms with van der Waals surface area (Å²) in [5, 5.41) is 1.03. The molecule has 3 aromatic rings. The minimum Gasteiger partial charge on any atom is -0.289 e. The number of benzene rings is 2. The molecule has 108 valence electrons. The standard InChI is InChI=1S/C20H17NO/c1-14-17-10-6-7-11-18(17)21-15(2)20(14)19(22)13-12-16-8-4-3-5-9-16/h3-13H,1-2H3/b13-12+. The number of hydrogen-bond acceptors (Lipinski definition) is 2. The predicted molar refractivity (Wildman–Crippen MR) is 91.0 cm³/mol. The Kier molecular flexibility index (Phi) is 3.84. The second-order valence-electron chi connectivity index (χ2n) is 5.32. The van der Waals surface area contributed by atoms with Gasteiger partial charge in [-0.25, -0.2) is 0 Å². The van der Waals surface area contributed by atoms with Crippen LogP contribution in [0.15, 0.2) is 60.7 Å². The number of carbonyl (C=O) groups excluding carboxylic acids is 1. The van der Waals surface area contributed by atoms with Crippen molar-refractivity contribution < 1.29 is 4.79 Å². The Labute approximate surface area is 130 Å². The van der Waals surface area contributed by atoms with Crippen LogP contribution in [-0.2, 0) is 0 Å². The van der Waals surface area contributed by atoms with Crippen LogP contribution >= 0.6 is 0 Å². The van der Waals surface area contributed by atoms with Crippen molar-refractivity contribution in [3.8, 4) is 0 Å². The normalized spacial score (nSPS) is 11.2. The van der Waals surface area contributed by atoms with Gasteiger partial charge in [0.25, 0.3) is 0 Å². The summed E-state index contributed by atoms with van der Waals surface area (Å²) in [6, 6.07) is 17.7. The third-order valence-electron chi connectivity index (χ3n) is 3.81. The van der Waals surface area contributed by atoms with Crippen LogP contribution in [-0.4, -0.2) is 10.8 Å². The van der Waals surface area contributed by atoms with Crippen LogP contribution in [0.5, 0.6) is 0 Å². The van der Waals surface area contributed by atoms with Crippen molar-refractivity contribution in [2.24, 2.45) is 0 Å². The van der Waals surface area contributed by atoms with Gasteiger partial charge in [-0.15, -0.1) is 0 Å². The molecule has 3 rings (SSSR count). The van der Waals surface area contributed by atoms with Gasteiger partial charge in [0.05, 0.1) is 5.52 Å². The van der Waals surface area contributed by atoms with Gasteiger partial charge in [-0.05, 0) is 37.1 Å². The Morgan fingerprint density at radius 3 is 2.41 bits per heavy atom. The Balaban J connectivity index is 2.02. The van der Waals surface area contributed by atoms with E-state index in [1.54, 1.807) is 6.08 Å². The fraction of sp³-hybridized carbons (Fsp3) is 0.100. The SMILES string of the molecule is Cc1nc2ccccc2c(C)c1C(=O)/C=C/c1ccccc1. The van der Waals surface area contributed by atoms with Crippen LogP contribution in [0, 0.1) is 13.8 Å². The molecule has 0 amide bonds. The lowest BCUT2D eigenvalue weighted by molar-refractivity contribution is 0.104. The molecule has 0 aliphatic heterocycles. The number of para-hydroxylation sites is 1. The first-order valence-corrected chi connectivity index (χ1v) is 7.30. The van der Waals surface area contributed by atoms with Gasteiger partial charge in [0.2, 0.25) is 0 Å². The molecule has 0 saturated heterocycles. The molecule has 2 heteroatoms. The van der Waals surface area contributed by atoms with Crippen LogP contribution in [0.25, 0.3) is 17.0 Å². The van der Waals surface area contributed by atoms with Crippen molar-refractivity contribution in [1.29, 1.82) is 0 Å². The van der Waals surface area contributed by atoms with Crippen LogP contribution in [0.2, 0.25) is 0 Å². The van der Waals surface area contributed by atoms with E-state index >= 15 is 0 Å². The lowest BCUT2D eigenvalue weighted by Gasteiger charge is -2.09. The third kappa shape index (κ3) is 2.68. The first-order chi connectivity index (χ1) is 10.7. The summed E-state index contributed by atoms with van der Waals surface area (Å²) in [4.78, 5) is 17.1. The van der Waals surface area contributed by atoms with E-state index in [4.69, 9.17) is 0 Å². The van der Waals surface area contributed by atoms with E-state index in [9.17, 15) is 4.79 Å². The number of aromatic nitrogens is 1. The molecule has 0 fully saturated rings. The highest BCUT2D eigenvalue weighted by atomic mass is 16.1. The number of pyridine rings is 1.